The molecule has 0 aliphatic carbocycles. The minimum Gasteiger partial charge on any atom is -0.465 e. The lowest BCUT2D eigenvalue weighted by atomic mass is 9.97. The molecule has 1 atom stereocenters. The first kappa shape index (κ1) is 19.4. The second-order valence-electron chi connectivity index (χ2n) is 6.08. The molecule has 120 valence electrons. The highest BCUT2D eigenvalue weighted by molar-refractivity contribution is 5.79. The summed E-state index contributed by atoms with van der Waals surface area (Å²) in [4.78, 5) is 14.2. The van der Waals surface area contributed by atoms with E-state index in [1.54, 1.807) is 6.92 Å². The van der Waals surface area contributed by atoms with Crippen molar-refractivity contribution in [3.63, 3.8) is 0 Å². The first-order valence-corrected chi connectivity index (χ1v) is 8.05. The van der Waals surface area contributed by atoms with Crippen molar-refractivity contribution in [3.05, 3.63) is 0 Å². The predicted octanol–water partition coefficient (Wildman–Crippen LogP) is 2.95. The monoisotopic (exact) mass is 286 g/mol. The summed E-state index contributed by atoms with van der Waals surface area (Å²) in [7, 11) is 0. The fourth-order valence-electron chi connectivity index (χ4n) is 2.24. The minimum atomic E-state index is -0.859. The van der Waals surface area contributed by atoms with E-state index >= 15 is 0 Å². The molecule has 20 heavy (non-hydrogen) atoms. The van der Waals surface area contributed by atoms with Crippen LogP contribution in [0.25, 0.3) is 0 Å². The Morgan fingerprint density at radius 1 is 1.20 bits per heavy atom. The molecular weight excluding hydrogens is 252 g/mol. The fraction of sp³-hybridized carbons (Fsp3) is 0.938. The number of carbonyl (C=O) groups excluding carboxylic acids is 1. The average Bonchev–Trinajstić information content (AvgIpc) is 2.37. The molecule has 0 heterocycles. The van der Waals surface area contributed by atoms with Crippen LogP contribution in [-0.2, 0) is 9.53 Å². The quantitative estimate of drug-likeness (QED) is 0.469. The van der Waals surface area contributed by atoms with E-state index in [4.69, 9.17) is 10.5 Å². The minimum absolute atomic E-state index is 0.290. The van der Waals surface area contributed by atoms with Gasteiger partial charge in [0.25, 0.3) is 0 Å². The Balaban J connectivity index is 4.12. The summed E-state index contributed by atoms with van der Waals surface area (Å²) in [6.07, 6.45) is 5.36. The molecule has 0 radical (unpaired) electrons. The summed E-state index contributed by atoms with van der Waals surface area (Å²) in [6, 6.07) is 0.540. The smallest absolute Gasteiger partial charge is 0.325 e. The van der Waals surface area contributed by atoms with E-state index in [1.807, 2.05) is 6.92 Å². The SMILES string of the molecule is CCCCCN(CCCC(C)(N)C(=O)OCC)C(C)C. The Morgan fingerprint density at radius 2 is 1.80 bits per heavy atom. The number of ether oxygens (including phenoxy) is 1. The Hall–Kier alpha value is -0.610. The van der Waals surface area contributed by atoms with Gasteiger partial charge in [-0.3, -0.25) is 4.79 Å². The largest absolute Gasteiger partial charge is 0.465 e. The van der Waals surface area contributed by atoms with Crippen molar-refractivity contribution >= 4 is 5.97 Å². The van der Waals surface area contributed by atoms with Crippen LogP contribution in [0.4, 0.5) is 0 Å². The van der Waals surface area contributed by atoms with Gasteiger partial charge in [0.2, 0.25) is 0 Å². The van der Waals surface area contributed by atoms with Crippen molar-refractivity contribution in [3.8, 4) is 0 Å². The summed E-state index contributed by atoms with van der Waals surface area (Å²) in [6.45, 7) is 12.8. The van der Waals surface area contributed by atoms with Crippen LogP contribution in [0.1, 0.15) is 66.7 Å². The Bertz CT molecular complexity index is 265. The van der Waals surface area contributed by atoms with Crippen molar-refractivity contribution < 1.29 is 9.53 Å². The molecule has 0 saturated heterocycles. The number of nitrogens with two attached hydrogens (primary N) is 1. The summed E-state index contributed by atoms with van der Waals surface area (Å²) in [5.41, 5.74) is 5.18. The molecule has 0 amide bonds. The first-order valence-electron chi connectivity index (χ1n) is 8.05. The molecule has 1 unspecified atom stereocenters. The van der Waals surface area contributed by atoms with Gasteiger partial charge in [-0.25, -0.2) is 0 Å². The standard InChI is InChI=1S/C16H34N2O2/c1-6-8-9-12-18(14(3)4)13-10-11-16(5,17)15(19)20-7-2/h14H,6-13,17H2,1-5H3. The fourth-order valence-corrected chi connectivity index (χ4v) is 2.24. The lowest BCUT2D eigenvalue weighted by molar-refractivity contribution is -0.149. The first-order chi connectivity index (χ1) is 9.35. The van der Waals surface area contributed by atoms with Gasteiger partial charge < -0.3 is 15.4 Å². The Labute approximate surface area is 125 Å². The third kappa shape index (κ3) is 7.85. The molecule has 0 aromatic carbocycles. The van der Waals surface area contributed by atoms with Crippen LogP contribution < -0.4 is 5.73 Å². The Morgan fingerprint density at radius 3 is 2.30 bits per heavy atom. The van der Waals surface area contributed by atoms with E-state index in [0.29, 0.717) is 19.1 Å². The van der Waals surface area contributed by atoms with E-state index in [9.17, 15) is 4.79 Å². The maximum absolute atomic E-state index is 11.7. The summed E-state index contributed by atoms with van der Waals surface area (Å²) < 4.78 is 5.01. The maximum Gasteiger partial charge on any atom is 0.325 e. The highest BCUT2D eigenvalue weighted by Crippen LogP contribution is 2.13. The number of hydrogen-bond donors (Lipinski definition) is 1. The molecule has 0 aliphatic heterocycles. The number of unbranched alkanes of at least 4 members (excludes halogenated alkanes) is 2. The lowest BCUT2D eigenvalue weighted by Gasteiger charge is -2.28. The van der Waals surface area contributed by atoms with E-state index < -0.39 is 5.54 Å². The molecule has 0 aromatic rings. The highest BCUT2D eigenvalue weighted by atomic mass is 16.5. The zero-order chi connectivity index (χ0) is 15.6. The molecule has 0 spiro atoms. The van der Waals surface area contributed by atoms with Crippen molar-refractivity contribution in [2.45, 2.75) is 78.3 Å². The van der Waals surface area contributed by atoms with Gasteiger partial charge in [-0.1, -0.05) is 19.8 Å². The molecule has 4 heteroatoms. The van der Waals surface area contributed by atoms with Crippen LogP contribution in [0.15, 0.2) is 0 Å². The summed E-state index contributed by atoms with van der Waals surface area (Å²) in [5.74, 6) is -0.290. The van der Waals surface area contributed by atoms with Crippen LogP contribution in [-0.4, -0.2) is 42.1 Å². The summed E-state index contributed by atoms with van der Waals surface area (Å²) >= 11 is 0. The van der Waals surface area contributed by atoms with E-state index in [1.165, 1.54) is 19.3 Å². The highest BCUT2D eigenvalue weighted by Gasteiger charge is 2.29. The van der Waals surface area contributed by atoms with E-state index in [0.717, 1.165) is 19.5 Å². The van der Waals surface area contributed by atoms with Crippen LogP contribution in [0, 0.1) is 0 Å². The van der Waals surface area contributed by atoms with E-state index in [-0.39, 0.29) is 5.97 Å². The molecule has 0 rings (SSSR count). The number of carbonyl (C=O) groups is 1. The van der Waals surface area contributed by atoms with Gasteiger partial charge in [-0.15, -0.1) is 0 Å². The molecule has 0 bridgehead atoms. The van der Waals surface area contributed by atoms with Crippen LogP contribution in [0.3, 0.4) is 0 Å². The van der Waals surface area contributed by atoms with Crippen molar-refractivity contribution in [2.75, 3.05) is 19.7 Å². The average molecular weight is 286 g/mol. The number of nitrogens with zero attached hydrogens (tertiary/aromatic N) is 1. The molecule has 4 nitrogen and oxygen atoms in total. The van der Waals surface area contributed by atoms with Gasteiger partial charge >= 0.3 is 5.97 Å². The predicted molar refractivity (Wildman–Crippen MR) is 84.7 cm³/mol. The van der Waals surface area contributed by atoms with Gasteiger partial charge in [-0.05, 0) is 60.0 Å². The normalized spacial score (nSPS) is 14.6. The number of hydrogen-bond acceptors (Lipinski definition) is 4. The second-order valence-corrected chi connectivity index (χ2v) is 6.08. The number of rotatable bonds is 11. The van der Waals surface area contributed by atoms with Crippen molar-refractivity contribution in [2.24, 2.45) is 5.73 Å². The van der Waals surface area contributed by atoms with Gasteiger partial charge in [-0.2, -0.15) is 0 Å². The number of esters is 1. The third-order valence-electron chi connectivity index (χ3n) is 3.66. The second kappa shape index (κ2) is 10.2. The lowest BCUT2D eigenvalue weighted by Crippen LogP contribution is -2.46. The molecule has 2 N–H and O–H groups in total. The van der Waals surface area contributed by atoms with Crippen molar-refractivity contribution in [1.82, 2.24) is 4.90 Å². The molecule has 0 aliphatic rings. The topological polar surface area (TPSA) is 55.6 Å². The third-order valence-corrected chi connectivity index (χ3v) is 3.66. The van der Waals surface area contributed by atoms with Gasteiger partial charge in [0.15, 0.2) is 0 Å². The van der Waals surface area contributed by atoms with E-state index in [2.05, 4.69) is 25.7 Å². The molecule has 0 aromatic heterocycles. The van der Waals surface area contributed by atoms with Gasteiger partial charge in [0.05, 0.1) is 6.61 Å². The zero-order valence-corrected chi connectivity index (χ0v) is 14.1. The van der Waals surface area contributed by atoms with Gasteiger partial charge in [0, 0.05) is 6.04 Å². The van der Waals surface area contributed by atoms with Gasteiger partial charge in [0.1, 0.15) is 5.54 Å². The maximum atomic E-state index is 11.7. The van der Waals surface area contributed by atoms with Crippen LogP contribution in [0.2, 0.25) is 0 Å². The van der Waals surface area contributed by atoms with Crippen molar-refractivity contribution in [1.29, 1.82) is 0 Å². The van der Waals surface area contributed by atoms with Crippen LogP contribution >= 0.6 is 0 Å². The zero-order valence-electron chi connectivity index (χ0n) is 14.1. The molecule has 0 fully saturated rings. The summed E-state index contributed by atoms with van der Waals surface area (Å²) in [5, 5.41) is 0. The molecule has 0 saturated carbocycles. The Kier molecular flexibility index (Phi) is 9.86. The van der Waals surface area contributed by atoms with Crippen LogP contribution in [0.5, 0.6) is 0 Å². The molecular formula is C16H34N2O2.